The average Bonchev–Trinajstić information content (AvgIpc) is 3.08. The third kappa shape index (κ3) is 4.37. The van der Waals surface area contributed by atoms with E-state index in [1.54, 1.807) is 19.2 Å². The van der Waals surface area contributed by atoms with E-state index in [2.05, 4.69) is 0 Å². The fourth-order valence-electron chi connectivity index (χ4n) is 3.88. The van der Waals surface area contributed by atoms with Crippen LogP contribution in [0.3, 0.4) is 0 Å². The van der Waals surface area contributed by atoms with Crippen molar-refractivity contribution in [1.29, 1.82) is 0 Å². The van der Waals surface area contributed by atoms with E-state index in [1.165, 1.54) is 28.3 Å². The quantitative estimate of drug-likeness (QED) is 0.613. The molecule has 2 aliphatic rings. The number of esters is 1. The third-order valence-corrected chi connectivity index (χ3v) is 5.65. The standard InChI is InChI=1S/C24H28O7/c1-14(25)31-18-13-17(15-7-9-24(2,30-6)10-8-15)21(22(18)26)16-11-19(27-3)23(29-5)20(12-16)28-4/h7-9,11-12,18H,10,13H2,1-6H3. The Morgan fingerprint density at radius 3 is 2.16 bits per heavy atom. The number of methoxy groups -OCH3 is 4. The monoisotopic (exact) mass is 428 g/mol. The number of allylic oxidation sites excluding steroid dienone is 2. The number of carbonyl (C=O) groups excluding carboxylic acids is 2. The van der Waals surface area contributed by atoms with Crippen LogP contribution < -0.4 is 14.2 Å². The fraction of sp³-hybridized carbons (Fsp3) is 0.417. The molecule has 0 bridgehead atoms. The van der Waals surface area contributed by atoms with Crippen molar-refractivity contribution < 1.29 is 33.3 Å². The van der Waals surface area contributed by atoms with Gasteiger partial charge >= 0.3 is 5.97 Å². The van der Waals surface area contributed by atoms with E-state index in [1.807, 2.05) is 25.2 Å². The first-order valence-electron chi connectivity index (χ1n) is 9.96. The van der Waals surface area contributed by atoms with Crippen LogP contribution in [-0.4, -0.2) is 51.9 Å². The Hall–Kier alpha value is -3.06. The lowest BCUT2D eigenvalue weighted by Gasteiger charge is -2.27. The first-order chi connectivity index (χ1) is 14.8. The zero-order chi connectivity index (χ0) is 22.8. The summed E-state index contributed by atoms with van der Waals surface area (Å²) in [5.74, 6) is 0.559. The Morgan fingerprint density at radius 1 is 1.06 bits per heavy atom. The highest BCUT2D eigenvalue weighted by atomic mass is 16.5. The molecule has 0 heterocycles. The predicted molar refractivity (Wildman–Crippen MR) is 115 cm³/mol. The van der Waals surface area contributed by atoms with Crippen LogP contribution in [-0.2, 0) is 19.1 Å². The summed E-state index contributed by atoms with van der Waals surface area (Å²) in [5, 5.41) is 0. The van der Waals surface area contributed by atoms with Crippen molar-refractivity contribution in [3.63, 3.8) is 0 Å². The summed E-state index contributed by atoms with van der Waals surface area (Å²) in [6.45, 7) is 3.29. The zero-order valence-corrected chi connectivity index (χ0v) is 18.7. The number of ketones is 1. The highest BCUT2D eigenvalue weighted by molar-refractivity contribution is 6.27. The summed E-state index contributed by atoms with van der Waals surface area (Å²) in [6.07, 6.45) is 6.06. The van der Waals surface area contributed by atoms with Crippen molar-refractivity contribution in [2.45, 2.75) is 38.4 Å². The van der Waals surface area contributed by atoms with Crippen LogP contribution in [0, 0.1) is 0 Å². The highest BCUT2D eigenvalue weighted by Crippen LogP contribution is 2.45. The van der Waals surface area contributed by atoms with Gasteiger partial charge in [0.2, 0.25) is 11.5 Å². The van der Waals surface area contributed by atoms with Crippen LogP contribution in [0.15, 0.2) is 41.5 Å². The van der Waals surface area contributed by atoms with Crippen molar-refractivity contribution in [2.75, 3.05) is 28.4 Å². The van der Waals surface area contributed by atoms with Gasteiger partial charge in [-0.05, 0) is 42.2 Å². The lowest BCUT2D eigenvalue weighted by Crippen LogP contribution is -2.25. The molecule has 0 saturated heterocycles. The number of Topliss-reactive ketones (excluding diaryl/α,β-unsaturated/α-hetero) is 1. The first kappa shape index (κ1) is 22.6. The van der Waals surface area contributed by atoms with E-state index in [9.17, 15) is 9.59 Å². The molecule has 0 amide bonds. The highest BCUT2D eigenvalue weighted by Gasteiger charge is 2.38. The molecule has 0 fully saturated rings. The van der Waals surface area contributed by atoms with E-state index in [-0.39, 0.29) is 5.78 Å². The average molecular weight is 428 g/mol. The van der Waals surface area contributed by atoms with Gasteiger partial charge in [0.1, 0.15) is 0 Å². The summed E-state index contributed by atoms with van der Waals surface area (Å²) in [6, 6.07) is 3.47. The number of hydrogen-bond acceptors (Lipinski definition) is 7. The molecular formula is C24H28O7. The van der Waals surface area contributed by atoms with Crippen LogP contribution >= 0.6 is 0 Å². The number of benzene rings is 1. The van der Waals surface area contributed by atoms with Gasteiger partial charge in [-0.3, -0.25) is 9.59 Å². The molecule has 0 aliphatic heterocycles. The van der Waals surface area contributed by atoms with E-state index in [4.69, 9.17) is 23.7 Å². The third-order valence-electron chi connectivity index (χ3n) is 5.65. The van der Waals surface area contributed by atoms with Gasteiger partial charge in [-0.25, -0.2) is 0 Å². The van der Waals surface area contributed by atoms with Crippen molar-refractivity contribution in [3.8, 4) is 17.2 Å². The van der Waals surface area contributed by atoms with E-state index in [0.29, 0.717) is 41.2 Å². The maximum atomic E-state index is 13.3. The van der Waals surface area contributed by atoms with Gasteiger partial charge in [0, 0.05) is 26.0 Å². The van der Waals surface area contributed by atoms with Crippen LogP contribution in [0.25, 0.3) is 5.57 Å². The number of ether oxygens (including phenoxy) is 5. The molecule has 7 heteroatoms. The number of rotatable bonds is 7. The topological polar surface area (TPSA) is 80.3 Å². The van der Waals surface area contributed by atoms with Gasteiger partial charge in [0.25, 0.3) is 0 Å². The van der Waals surface area contributed by atoms with Crippen molar-refractivity contribution in [3.05, 3.63) is 47.1 Å². The molecule has 1 aromatic rings. The predicted octanol–water partition coefficient (Wildman–Crippen LogP) is 3.66. The van der Waals surface area contributed by atoms with Gasteiger partial charge in [0.15, 0.2) is 17.6 Å². The maximum absolute atomic E-state index is 13.3. The van der Waals surface area contributed by atoms with Crippen molar-refractivity contribution in [1.82, 2.24) is 0 Å². The Morgan fingerprint density at radius 2 is 1.71 bits per heavy atom. The Bertz CT molecular complexity index is 961. The van der Waals surface area contributed by atoms with Crippen LogP contribution in [0.2, 0.25) is 0 Å². The second kappa shape index (κ2) is 8.98. The van der Waals surface area contributed by atoms with Crippen molar-refractivity contribution >= 4 is 17.3 Å². The molecule has 1 aromatic carbocycles. The minimum absolute atomic E-state index is 0.256. The molecular weight excluding hydrogens is 400 g/mol. The van der Waals surface area contributed by atoms with E-state index in [0.717, 1.165) is 11.1 Å². The Balaban J connectivity index is 2.15. The molecule has 0 N–H and O–H groups in total. The molecule has 0 saturated carbocycles. The summed E-state index contributed by atoms with van der Waals surface area (Å²) >= 11 is 0. The fourth-order valence-corrected chi connectivity index (χ4v) is 3.88. The molecule has 3 rings (SSSR count). The van der Waals surface area contributed by atoms with Gasteiger partial charge in [-0.1, -0.05) is 18.2 Å². The minimum Gasteiger partial charge on any atom is -0.493 e. The molecule has 2 atom stereocenters. The van der Waals surface area contributed by atoms with E-state index < -0.39 is 17.7 Å². The Kier molecular flexibility index (Phi) is 6.55. The largest absolute Gasteiger partial charge is 0.493 e. The van der Waals surface area contributed by atoms with Crippen molar-refractivity contribution in [2.24, 2.45) is 0 Å². The smallest absolute Gasteiger partial charge is 0.303 e. The summed E-state index contributed by atoms with van der Waals surface area (Å²) < 4.78 is 27.2. The molecule has 166 valence electrons. The molecule has 0 radical (unpaired) electrons. The number of hydrogen-bond donors (Lipinski definition) is 0. The summed E-state index contributed by atoms with van der Waals surface area (Å²) in [7, 11) is 6.23. The molecule has 2 unspecified atom stereocenters. The minimum atomic E-state index is -0.869. The first-order valence-corrected chi connectivity index (χ1v) is 9.96. The van der Waals surface area contributed by atoms with Crippen LogP contribution in [0.4, 0.5) is 0 Å². The van der Waals surface area contributed by atoms with Gasteiger partial charge < -0.3 is 23.7 Å². The zero-order valence-electron chi connectivity index (χ0n) is 18.7. The van der Waals surface area contributed by atoms with Crippen LogP contribution in [0.1, 0.15) is 32.3 Å². The molecule has 0 spiro atoms. The summed E-state index contributed by atoms with van der Waals surface area (Å²) in [5.41, 5.74) is 2.40. The molecule has 7 nitrogen and oxygen atoms in total. The van der Waals surface area contributed by atoms with Gasteiger partial charge in [0.05, 0.1) is 26.9 Å². The van der Waals surface area contributed by atoms with Gasteiger partial charge in [-0.15, -0.1) is 0 Å². The summed E-state index contributed by atoms with van der Waals surface area (Å²) in [4.78, 5) is 24.9. The maximum Gasteiger partial charge on any atom is 0.303 e. The SMILES string of the molecule is COc1cc(C2=C(C3=CCC(C)(OC)C=C3)CC(OC(C)=O)C2=O)cc(OC)c1OC. The lowest BCUT2D eigenvalue weighted by atomic mass is 9.88. The Labute approximate surface area is 182 Å². The second-order valence-corrected chi connectivity index (χ2v) is 7.65. The molecule has 31 heavy (non-hydrogen) atoms. The normalized spacial score (nSPS) is 23.0. The lowest BCUT2D eigenvalue weighted by molar-refractivity contribution is -0.150. The number of carbonyl (C=O) groups is 2. The van der Waals surface area contributed by atoms with E-state index >= 15 is 0 Å². The molecule has 2 aliphatic carbocycles. The second-order valence-electron chi connectivity index (χ2n) is 7.65. The molecule has 0 aromatic heterocycles. The van der Waals surface area contributed by atoms with Crippen LogP contribution in [0.5, 0.6) is 17.2 Å². The van der Waals surface area contributed by atoms with Gasteiger partial charge in [-0.2, -0.15) is 0 Å².